The lowest BCUT2D eigenvalue weighted by Crippen LogP contribution is -2.18. The monoisotopic (exact) mass is 242 g/mol. The van der Waals surface area contributed by atoms with E-state index in [-0.39, 0.29) is 11.5 Å². The van der Waals surface area contributed by atoms with Crippen molar-refractivity contribution >= 4 is 23.9 Å². The Balaban J connectivity index is 3.34. The Morgan fingerprint density at radius 2 is 0.889 bits per heavy atom. The van der Waals surface area contributed by atoms with E-state index in [4.69, 9.17) is 0 Å². The van der Waals surface area contributed by atoms with Crippen molar-refractivity contribution in [1.29, 1.82) is 0 Å². The number of benzene rings is 2. The van der Waals surface area contributed by atoms with Gasteiger partial charge in [0, 0.05) is 10.8 Å². The largest absolute Gasteiger partial charge is 0.507 e. The summed E-state index contributed by atoms with van der Waals surface area (Å²) < 4.78 is 0. The van der Waals surface area contributed by atoms with Crippen molar-refractivity contribution in [2.24, 2.45) is 0 Å². The summed E-state index contributed by atoms with van der Waals surface area (Å²) >= 11 is 0. The van der Waals surface area contributed by atoms with Crippen LogP contribution in [0.3, 0.4) is 0 Å². The maximum atomic E-state index is 10.3. The van der Waals surface area contributed by atoms with E-state index in [2.05, 4.69) is 13.2 Å². The first kappa shape index (κ1) is 12.5. The third kappa shape index (κ3) is 1.35. The summed E-state index contributed by atoms with van der Waals surface area (Å²) in [5.74, 6) is 0.386. The number of hydrogen-bond acceptors (Lipinski definition) is 2. The van der Waals surface area contributed by atoms with Crippen molar-refractivity contribution in [2.45, 2.75) is 27.7 Å². The first-order chi connectivity index (χ1) is 8.29. The molecule has 0 spiro atoms. The Labute approximate surface area is 107 Å². The SMILES string of the molecule is C=c1c(C)c(C)c(=C)c2c(O)c(C)c(C)c(O)c12. The molecule has 2 N–H and O–H groups in total. The summed E-state index contributed by atoms with van der Waals surface area (Å²) in [5, 5.41) is 23.4. The Hall–Kier alpha value is -1.96. The molecule has 0 atom stereocenters. The Morgan fingerprint density at radius 3 is 1.17 bits per heavy atom. The van der Waals surface area contributed by atoms with Gasteiger partial charge in [0.05, 0.1) is 0 Å². The molecule has 94 valence electrons. The van der Waals surface area contributed by atoms with Crippen LogP contribution in [-0.4, -0.2) is 10.2 Å². The van der Waals surface area contributed by atoms with Gasteiger partial charge in [0.2, 0.25) is 0 Å². The predicted octanol–water partition coefficient (Wildman–Crippen LogP) is 2.31. The molecule has 0 aliphatic carbocycles. The van der Waals surface area contributed by atoms with Crippen LogP contribution in [0.1, 0.15) is 22.3 Å². The molecule has 0 aliphatic heterocycles. The first-order valence-corrected chi connectivity index (χ1v) is 5.90. The summed E-state index contributed by atoms with van der Waals surface area (Å²) in [5.41, 5.74) is 3.39. The second kappa shape index (κ2) is 3.77. The van der Waals surface area contributed by atoms with Crippen LogP contribution in [0.4, 0.5) is 0 Å². The average Bonchev–Trinajstić information content (AvgIpc) is 2.35. The third-order valence-corrected chi connectivity index (χ3v) is 4.07. The molecule has 2 aromatic rings. The molecule has 0 fully saturated rings. The zero-order valence-electron chi connectivity index (χ0n) is 11.3. The highest BCUT2D eigenvalue weighted by Crippen LogP contribution is 2.35. The minimum atomic E-state index is 0.193. The lowest BCUT2D eigenvalue weighted by Gasteiger charge is -2.15. The molecular weight excluding hydrogens is 224 g/mol. The van der Waals surface area contributed by atoms with Crippen LogP contribution in [0.15, 0.2) is 0 Å². The molecule has 0 radical (unpaired) electrons. The molecule has 0 aromatic heterocycles. The quantitative estimate of drug-likeness (QED) is 0.696. The summed E-state index contributed by atoms with van der Waals surface area (Å²) in [4.78, 5) is 0. The number of phenolic OH excluding ortho intramolecular Hbond substituents is 2. The van der Waals surface area contributed by atoms with Crippen molar-refractivity contribution in [3.8, 4) is 11.5 Å². The lowest BCUT2D eigenvalue weighted by molar-refractivity contribution is 0.462. The standard InChI is InChI=1S/C16H18O2/c1-7-8(2)10(4)14-13(9(7)3)15(17)11(5)12(6)16(14)18/h17-18H,3-4H2,1-2,5-6H3. The van der Waals surface area contributed by atoms with Crippen LogP contribution < -0.4 is 10.4 Å². The fourth-order valence-corrected chi connectivity index (χ4v) is 2.38. The van der Waals surface area contributed by atoms with Crippen molar-refractivity contribution in [3.05, 3.63) is 32.7 Å². The summed E-state index contributed by atoms with van der Waals surface area (Å²) in [7, 11) is 0. The molecule has 0 unspecified atom stereocenters. The normalized spacial score (nSPS) is 11.1. The fourth-order valence-electron chi connectivity index (χ4n) is 2.38. The van der Waals surface area contributed by atoms with Gasteiger partial charge in [0.1, 0.15) is 11.5 Å². The summed E-state index contributed by atoms with van der Waals surface area (Å²) in [6, 6.07) is 0. The Morgan fingerprint density at radius 1 is 0.611 bits per heavy atom. The minimum absolute atomic E-state index is 0.193. The van der Waals surface area contributed by atoms with E-state index in [1.807, 2.05) is 13.8 Å². The number of aromatic hydroxyl groups is 2. The van der Waals surface area contributed by atoms with Gasteiger partial charge in [-0.15, -0.1) is 0 Å². The van der Waals surface area contributed by atoms with E-state index in [0.29, 0.717) is 21.9 Å². The molecule has 2 heteroatoms. The molecule has 0 aliphatic rings. The molecule has 18 heavy (non-hydrogen) atoms. The maximum absolute atomic E-state index is 10.3. The van der Waals surface area contributed by atoms with Crippen LogP contribution in [-0.2, 0) is 0 Å². The second-order valence-electron chi connectivity index (χ2n) is 4.90. The van der Waals surface area contributed by atoms with Gasteiger partial charge >= 0.3 is 0 Å². The highest BCUT2D eigenvalue weighted by molar-refractivity contribution is 5.97. The number of fused-ring (bicyclic) bond motifs is 1. The molecular formula is C16H18O2. The van der Waals surface area contributed by atoms with E-state index in [1.165, 1.54) is 0 Å². The molecule has 0 heterocycles. The van der Waals surface area contributed by atoms with Crippen LogP contribution >= 0.6 is 0 Å². The molecule has 0 bridgehead atoms. The highest BCUT2D eigenvalue weighted by Gasteiger charge is 2.16. The smallest absolute Gasteiger partial charge is 0.127 e. The van der Waals surface area contributed by atoms with Gasteiger partial charge in [0.25, 0.3) is 0 Å². The van der Waals surface area contributed by atoms with Crippen molar-refractivity contribution in [2.75, 3.05) is 0 Å². The lowest BCUT2D eigenvalue weighted by atomic mass is 9.92. The number of phenols is 2. The van der Waals surface area contributed by atoms with Crippen LogP contribution in [0.5, 0.6) is 11.5 Å². The average molecular weight is 242 g/mol. The Bertz CT molecular complexity index is 704. The van der Waals surface area contributed by atoms with Crippen LogP contribution in [0.2, 0.25) is 0 Å². The fraction of sp³-hybridized carbons (Fsp3) is 0.250. The highest BCUT2D eigenvalue weighted by atomic mass is 16.3. The van der Waals surface area contributed by atoms with E-state index in [0.717, 1.165) is 21.6 Å². The predicted molar refractivity (Wildman–Crippen MR) is 76.5 cm³/mol. The van der Waals surface area contributed by atoms with Gasteiger partial charge in [-0.05, 0) is 60.4 Å². The molecule has 0 saturated heterocycles. The third-order valence-electron chi connectivity index (χ3n) is 4.07. The Kier molecular flexibility index (Phi) is 2.62. The van der Waals surface area contributed by atoms with Crippen molar-refractivity contribution < 1.29 is 10.2 Å². The molecule has 2 aromatic carbocycles. The number of rotatable bonds is 0. The van der Waals surface area contributed by atoms with Gasteiger partial charge in [-0.3, -0.25) is 0 Å². The zero-order valence-corrected chi connectivity index (χ0v) is 11.3. The van der Waals surface area contributed by atoms with Gasteiger partial charge in [-0.1, -0.05) is 13.2 Å². The van der Waals surface area contributed by atoms with Crippen molar-refractivity contribution in [3.63, 3.8) is 0 Å². The van der Waals surface area contributed by atoms with Crippen LogP contribution in [0, 0.1) is 27.7 Å². The van der Waals surface area contributed by atoms with Gasteiger partial charge in [0.15, 0.2) is 0 Å². The van der Waals surface area contributed by atoms with Gasteiger partial charge in [-0.2, -0.15) is 0 Å². The van der Waals surface area contributed by atoms with Gasteiger partial charge in [-0.25, -0.2) is 0 Å². The van der Waals surface area contributed by atoms with E-state index in [9.17, 15) is 10.2 Å². The molecule has 2 nitrogen and oxygen atoms in total. The van der Waals surface area contributed by atoms with E-state index in [1.54, 1.807) is 13.8 Å². The summed E-state index contributed by atoms with van der Waals surface area (Å²) in [6.07, 6.45) is 0. The van der Waals surface area contributed by atoms with Gasteiger partial charge < -0.3 is 10.2 Å². The van der Waals surface area contributed by atoms with E-state index >= 15 is 0 Å². The molecule has 0 saturated carbocycles. The van der Waals surface area contributed by atoms with Crippen molar-refractivity contribution in [1.82, 2.24) is 0 Å². The number of hydrogen-bond donors (Lipinski definition) is 2. The topological polar surface area (TPSA) is 40.5 Å². The molecule has 2 rings (SSSR count). The van der Waals surface area contributed by atoms with Crippen LogP contribution in [0.25, 0.3) is 23.9 Å². The minimum Gasteiger partial charge on any atom is -0.507 e. The second-order valence-corrected chi connectivity index (χ2v) is 4.90. The first-order valence-electron chi connectivity index (χ1n) is 5.90. The molecule has 0 amide bonds. The zero-order chi connectivity index (χ0) is 13.8. The maximum Gasteiger partial charge on any atom is 0.127 e. The van der Waals surface area contributed by atoms with E-state index < -0.39 is 0 Å². The summed E-state index contributed by atoms with van der Waals surface area (Å²) in [6.45, 7) is 15.5.